The van der Waals surface area contributed by atoms with Gasteiger partial charge in [-0.05, 0) is 29.0 Å². The van der Waals surface area contributed by atoms with Crippen LogP contribution in [0.4, 0.5) is 0 Å². The highest BCUT2D eigenvalue weighted by Crippen LogP contribution is 2.24. The SMILES string of the molecule is Cc1cc(C(C)(C)C)ccc1CC(O)C(=O)O. The second-order valence-corrected chi connectivity index (χ2v) is 5.45. The summed E-state index contributed by atoms with van der Waals surface area (Å²) in [5.74, 6) is -1.18. The fraction of sp³-hybridized carbons (Fsp3) is 0.500. The molecule has 2 N–H and O–H groups in total. The van der Waals surface area contributed by atoms with Crippen LogP contribution in [0.2, 0.25) is 0 Å². The Labute approximate surface area is 102 Å². The molecule has 0 aliphatic heterocycles. The Hall–Kier alpha value is -1.35. The van der Waals surface area contributed by atoms with E-state index in [4.69, 9.17) is 5.11 Å². The number of carbonyl (C=O) groups is 1. The van der Waals surface area contributed by atoms with Gasteiger partial charge < -0.3 is 10.2 Å². The van der Waals surface area contributed by atoms with Crippen molar-refractivity contribution in [2.24, 2.45) is 0 Å². The summed E-state index contributed by atoms with van der Waals surface area (Å²) < 4.78 is 0. The standard InChI is InChI=1S/C14H20O3/c1-9-7-11(14(2,3)4)6-5-10(9)8-12(15)13(16)17/h5-7,12,15H,8H2,1-4H3,(H,16,17). The summed E-state index contributed by atoms with van der Waals surface area (Å²) in [4.78, 5) is 10.6. The van der Waals surface area contributed by atoms with Crippen molar-refractivity contribution in [1.29, 1.82) is 0 Å². The van der Waals surface area contributed by atoms with Gasteiger partial charge in [-0.1, -0.05) is 39.0 Å². The molecule has 1 atom stereocenters. The number of aliphatic carboxylic acids is 1. The lowest BCUT2D eigenvalue weighted by Crippen LogP contribution is -2.22. The second kappa shape index (κ2) is 4.88. The van der Waals surface area contributed by atoms with E-state index in [0.29, 0.717) is 0 Å². The molecule has 0 aromatic heterocycles. The Morgan fingerprint density at radius 3 is 2.35 bits per heavy atom. The Morgan fingerprint density at radius 1 is 1.35 bits per heavy atom. The third-order valence-electron chi connectivity index (χ3n) is 2.91. The first-order valence-electron chi connectivity index (χ1n) is 5.72. The lowest BCUT2D eigenvalue weighted by atomic mass is 9.85. The monoisotopic (exact) mass is 236 g/mol. The Kier molecular flexibility index (Phi) is 3.94. The van der Waals surface area contributed by atoms with Crippen molar-refractivity contribution in [3.05, 3.63) is 34.9 Å². The summed E-state index contributed by atoms with van der Waals surface area (Å²) in [6.07, 6.45) is -1.17. The first kappa shape index (κ1) is 13.7. The number of hydrogen-bond donors (Lipinski definition) is 2. The zero-order chi connectivity index (χ0) is 13.2. The van der Waals surface area contributed by atoms with Crippen LogP contribution in [-0.2, 0) is 16.6 Å². The summed E-state index contributed by atoms with van der Waals surface area (Å²) in [6.45, 7) is 8.34. The summed E-state index contributed by atoms with van der Waals surface area (Å²) in [6, 6.07) is 5.96. The quantitative estimate of drug-likeness (QED) is 0.846. The molecule has 0 fully saturated rings. The van der Waals surface area contributed by atoms with Crippen molar-refractivity contribution in [1.82, 2.24) is 0 Å². The zero-order valence-electron chi connectivity index (χ0n) is 10.8. The third-order valence-corrected chi connectivity index (χ3v) is 2.91. The Morgan fingerprint density at radius 2 is 1.94 bits per heavy atom. The van der Waals surface area contributed by atoms with Crippen LogP contribution in [0.5, 0.6) is 0 Å². The van der Waals surface area contributed by atoms with Gasteiger partial charge in [0.1, 0.15) is 0 Å². The maximum atomic E-state index is 10.6. The van der Waals surface area contributed by atoms with Crippen LogP contribution >= 0.6 is 0 Å². The molecule has 94 valence electrons. The van der Waals surface area contributed by atoms with Gasteiger partial charge in [0, 0.05) is 6.42 Å². The van der Waals surface area contributed by atoms with Crippen molar-refractivity contribution >= 4 is 5.97 Å². The minimum absolute atomic E-state index is 0.0781. The molecule has 0 aliphatic rings. The van der Waals surface area contributed by atoms with Crippen LogP contribution in [-0.4, -0.2) is 22.3 Å². The number of benzene rings is 1. The lowest BCUT2D eigenvalue weighted by molar-refractivity contribution is -0.146. The number of aliphatic hydroxyl groups is 1. The highest BCUT2D eigenvalue weighted by atomic mass is 16.4. The van der Waals surface area contributed by atoms with Crippen LogP contribution in [0.3, 0.4) is 0 Å². The number of aryl methyl sites for hydroxylation is 1. The van der Waals surface area contributed by atoms with Crippen molar-refractivity contribution < 1.29 is 15.0 Å². The van der Waals surface area contributed by atoms with Gasteiger partial charge in [-0.15, -0.1) is 0 Å². The molecule has 0 heterocycles. The summed E-state index contributed by atoms with van der Waals surface area (Å²) in [5.41, 5.74) is 3.20. The van der Waals surface area contributed by atoms with E-state index in [1.54, 1.807) is 0 Å². The molecule has 0 bridgehead atoms. The highest BCUT2D eigenvalue weighted by molar-refractivity contribution is 5.72. The molecule has 0 saturated carbocycles. The Balaban J connectivity index is 2.95. The Bertz CT molecular complexity index is 416. The topological polar surface area (TPSA) is 57.5 Å². The van der Waals surface area contributed by atoms with Crippen LogP contribution in [0.1, 0.15) is 37.5 Å². The second-order valence-electron chi connectivity index (χ2n) is 5.45. The fourth-order valence-electron chi connectivity index (χ4n) is 1.69. The minimum Gasteiger partial charge on any atom is -0.479 e. The molecule has 0 amide bonds. The summed E-state index contributed by atoms with van der Waals surface area (Å²) in [7, 11) is 0. The van der Waals surface area contributed by atoms with Gasteiger partial charge in [0.25, 0.3) is 0 Å². The van der Waals surface area contributed by atoms with E-state index in [1.807, 2.05) is 19.1 Å². The van der Waals surface area contributed by atoms with Crippen LogP contribution in [0.15, 0.2) is 18.2 Å². The van der Waals surface area contributed by atoms with Gasteiger partial charge in [-0.2, -0.15) is 0 Å². The molecule has 3 heteroatoms. The highest BCUT2D eigenvalue weighted by Gasteiger charge is 2.17. The number of hydrogen-bond acceptors (Lipinski definition) is 2. The summed E-state index contributed by atoms with van der Waals surface area (Å²) in [5, 5.41) is 18.0. The maximum Gasteiger partial charge on any atom is 0.332 e. The molecule has 3 nitrogen and oxygen atoms in total. The zero-order valence-corrected chi connectivity index (χ0v) is 10.8. The molecule has 0 spiro atoms. The van der Waals surface area contributed by atoms with E-state index < -0.39 is 12.1 Å². The number of rotatable bonds is 3. The van der Waals surface area contributed by atoms with Crippen LogP contribution in [0, 0.1) is 6.92 Å². The van der Waals surface area contributed by atoms with Gasteiger partial charge in [0.05, 0.1) is 0 Å². The van der Waals surface area contributed by atoms with Gasteiger partial charge in [-0.3, -0.25) is 0 Å². The van der Waals surface area contributed by atoms with Gasteiger partial charge in [0.2, 0.25) is 0 Å². The number of carboxylic acid groups (broad SMARTS) is 1. The molecule has 0 radical (unpaired) electrons. The fourth-order valence-corrected chi connectivity index (χ4v) is 1.69. The van der Waals surface area contributed by atoms with Crippen LogP contribution in [0.25, 0.3) is 0 Å². The van der Waals surface area contributed by atoms with Gasteiger partial charge in [0.15, 0.2) is 6.10 Å². The largest absolute Gasteiger partial charge is 0.479 e. The average Bonchev–Trinajstić information content (AvgIpc) is 2.19. The predicted molar refractivity (Wildman–Crippen MR) is 67.2 cm³/mol. The smallest absolute Gasteiger partial charge is 0.332 e. The van der Waals surface area contributed by atoms with E-state index in [2.05, 4.69) is 26.8 Å². The molecule has 1 rings (SSSR count). The van der Waals surface area contributed by atoms with E-state index >= 15 is 0 Å². The minimum atomic E-state index is -1.32. The molecular weight excluding hydrogens is 216 g/mol. The summed E-state index contributed by atoms with van der Waals surface area (Å²) >= 11 is 0. The van der Waals surface area contributed by atoms with Crippen molar-refractivity contribution in [3.63, 3.8) is 0 Å². The first-order valence-corrected chi connectivity index (χ1v) is 5.72. The molecule has 1 aromatic rings. The molecule has 0 saturated heterocycles. The van der Waals surface area contributed by atoms with Crippen molar-refractivity contribution in [2.75, 3.05) is 0 Å². The van der Waals surface area contributed by atoms with Gasteiger partial charge >= 0.3 is 5.97 Å². The number of aliphatic hydroxyl groups excluding tert-OH is 1. The van der Waals surface area contributed by atoms with E-state index in [0.717, 1.165) is 11.1 Å². The third kappa shape index (κ3) is 3.56. The maximum absolute atomic E-state index is 10.6. The molecule has 1 unspecified atom stereocenters. The normalized spacial score (nSPS) is 13.5. The lowest BCUT2D eigenvalue weighted by Gasteiger charge is -2.20. The molecule has 17 heavy (non-hydrogen) atoms. The van der Waals surface area contributed by atoms with Crippen molar-refractivity contribution in [2.45, 2.75) is 45.6 Å². The molecule has 1 aromatic carbocycles. The molecule has 0 aliphatic carbocycles. The van der Waals surface area contributed by atoms with E-state index in [1.165, 1.54) is 5.56 Å². The molecular formula is C14H20O3. The first-order chi connectivity index (χ1) is 7.71. The van der Waals surface area contributed by atoms with E-state index in [-0.39, 0.29) is 11.8 Å². The van der Waals surface area contributed by atoms with Crippen molar-refractivity contribution in [3.8, 4) is 0 Å². The van der Waals surface area contributed by atoms with Gasteiger partial charge in [-0.25, -0.2) is 4.79 Å². The number of carboxylic acids is 1. The predicted octanol–water partition coefficient (Wildman–Crippen LogP) is 2.28. The van der Waals surface area contributed by atoms with E-state index in [9.17, 15) is 9.90 Å². The van der Waals surface area contributed by atoms with Crippen LogP contribution < -0.4 is 0 Å². The average molecular weight is 236 g/mol.